The van der Waals surface area contributed by atoms with Crippen molar-refractivity contribution in [2.24, 2.45) is 0 Å². The van der Waals surface area contributed by atoms with Crippen LogP contribution in [0.5, 0.6) is 5.75 Å². The van der Waals surface area contributed by atoms with Gasteiger partial charge in [-0.05, 0) is 38.3 Å². The summed E-state index contributed by atoms with van der Waals surface area (Å²) in [5, 5.41) is 0. The molecule has 1 unspecified atom stereocenters. The van der Waals surface area contributed by atoms with Gasteiger partial charge in [-0.15, -0.1) is 16.6 Å². The number of oxazole rings is 1. The lowest BCUT2D eigenvalue weighted by Crippen LogP contribution is -2.56. The van der Waals surface area contributed by atoms with E-state index in [1.54, 1.807) is 6.20 Å². The lowest BCUT2D eigenvalue weighted by Gasteiger charge is -2.51. The van der Waals surface area contributed by atoms with Crippen molar-refractivity contribution in [3.63, 3.8) is 0 Å². The Morgan fingerprint density at radius 3 is 2.46 bits per heavy atom. The molecular weight excluding hydrogens is 457 g/mol. The van der Waals surface area contributed by atoms with E-state index in [9.17, 15) is 0 Å². The topological polar surface area (TPSA) is 63.9 Å². The van der Waals surface area contributed by atoms with Gasteiger partial charge in [0.2, 0.25) is 0 Å². The van der Waals surface area contributed by atoms with Gasteiger partial charge in [-0.3, -0.25) is 4.98 Å². The SMILES string of the molecule is CC(C)[Si-](c1ncc(-c2cc(F)c3nc(C4COc5ccccc5C4)[nH]c3c2)o1)(C(C)C)C(C)C. The maximum atomic E-state index is 15.2. The Bertz CT molecular complexity index is 1340. The molecule has 1 N–H and O–H groups in total. The quantitative estimate of drug-likeness (QED) is 0.296. The molecule has 1 aliphatic rings. The van der Waals surface area contributed by atoms with Gasteiger partial charge >= 0.3 is 0 Å². The second kappa shape index (κ2) is 8.93. The molecule has 2 aromatic heterocycles. The fraction of sp³-hybridized carbons (Fsp3) is 0.429. The average molecular weight is 492 g/mol. The number of nitrogens with zero attached hydrogens (tertiary/aromatic N) is 2. The number of fused-ring (bicyclic) bond motifs is 2. The molecule has 1 aliphatic heterocycles. The number of hydrogen-bond acceptors (Lipinski definition) is 4. The maximum Gasteiger partial charge on any atom is 0.151 e. The number of hydrogen-bond donors (Lipinski definition) is 1. The van der Waals surface area contributed by atoms with E-state index in [-0.39, 0.29) is 11.7 Å². The van der Waals surface area contributed by atoms with Gasteiger partial charge in [0.05, 0.1) is 24.2 Å². The molecule has 0 fully saturated rings. The summed E-state index contributed by atoms with van der Waals surface area (Å²) >= 11 is 0. The van der Waals surface area contributed by atoms with Crippen LogP contribution in [-0.2, 0) is 6.42 Å². The van der Waals surface area contributed by atoms with Crippen LogP contribution in [-0.4, -0.2) is 29.6 Å². The van der Waals surface area contributed by atoms with Gasteiger partial charge in [0.15, 0.2) is 5.82 Å². The molecule has 0 spiro atoms. The molecule has 0 saturated heterocycles. The molecule has 0 radical (unpaired) electrons. The third kappa shape index (κ3) is 3.90. The maximum absolute atomic E-state index is 15.2. The van der Waals surface area contributed by atoms with E-state index in [0.29, 0.717) is 45.6 Å². The normalized spacial score (nSPS) is 16.3. The predicted octanol–water partition coefficient (Wildman–Crippen LogP) is 6.96. The Labute approximate surface area is 207 Å². The number of rotatable bonds is 6. The molecule has 5 rings (SSSR count). The highest BCUT2D eigenvalue weighted by atomic mass is 28.3. The van der Waals surface area contributed by atoms with E-state index in [0.717, 1.165) is 29.1 Å². The number of aromatic nitrogens is 3. The number of H-pyrrole nitrogens is 1. The van der Waals surface area contributed by atoms with Crippen molar-refractivity contribution in [1.29, 1.82) is 0 Å². The van der Waals surface area contributed by atoms with Crippen molar-refractivity contribution in [2.75, 3.05) is 6.61 Å². The molecule has 185 valence electrons. The molecule has 0 bridgehead atoms. The van der Waals surface area contributed by atoms with E-state index < -0.39 is 8.07 Å². The van der Waals surface area contributed by atoms with E-state index in [1.807, 2.05) is 24.3 Å². The second-order valence-corrected chi connectivity index (χ2v) is 16.5. The van der Waals surface area contributed by atoms with Crippen molar-refractivity contribution >= 4 is 24.6 Å². The van der Waals surface area contributed by atoms with Crippen molar-refractivity contribution in [3.8, 4) is 17.1 Å². The first-order chi connectivity index (χ1) is 16.7. The van der Waals surface area contributed by atoms with Crippen LogP contribution in [0.4, 0.5) is 4.39 Å². The Morgan fingerprint density at radius 1 is 1.03 bits per heavy atom. The zero-order chi connectivity index (χ0) is 24.9. The fourth-order valence-corrected chi connectivity index (χ4v) is 12.3. The van der Waals surface area contributed by atoms with Crippen molar-refractivity contribution < 1.29 is 13.5 Å². The number of aromatic amines is 1. The van der Waals surface area contributed by atoms with E-state index >= 15 is 4.39 Å². The number of benzene rings is 2. The Hall–Kier alpha value is -2.93. The molecule has 35 heavy (non-hydrogen) atoms. The summed E-state index contributed by atoms with van der Waals surface area (Å²) in [5.41, 5.74) is 5.12. The first kappa shape index (κ1) is 23.8. The lowest BCUT2D eigenvalue weighted by atomic mass is 9.96. The standard InChI is InChI=1S/C28H34FN3O2Si/c1-16(2)35(17(3)4,18(5)6)28-30-14-25(34-28)20-12-22(29)26-23(13-20)31-27(32-26)21-11-19-9-7-8-10-24(19)33-15-21/h7-10,12-14,16-18,21H,11,15H2,1-6H3,(H,31,32)/q-1. The zero-order valence-corrected chi connectivity index (χ0v) is 22.4. The molecule has 0 aliphatic carbocycles. The summed E-state index contributed by atoms with van der Waals surface area (Å²) in [6, 6.07) is 11.5. The van der Waals surface area contributed by atoms with E-state index in [4.69, 9.17) is 14.1 Å². The first-order valence-electron chi connectivity index (χ1n) is 12.6. The summed E-state index contributed by atoms with van der Waals surface area (Å²) < 4.78 is 27.6. The molecule has 0 saturated carbocycles. The third-order valence-electron chi connectivity index (χ3n) is 7.85. The third-order valence-corrected chi connectivity index (χ3v) is 14.6. The van der Waals surface area contributed by atoms with E-state index in [1.165, 1.54) is 6.07 Å². The van der Waals surface area contributed by atoms with Gasteiger partial charge in [-0.25, -0.2) is 9.37 Å². The van der Waals surface area contributed by atoms with Crippen LogP contribution in [0.15, 0.2) is 47.0 Å². The molecule has 1 atom stereocenters. The largest absolute Gasteiger partial charge is 0.493 e. The van der Waals surface area contributed by atoms with Gasteiger partial charge in [0.25, 0.3) is 0 Å². The van der Waals surface area contributed by atoms with Crippen molar-refractivity contribution in [2.45, 2.75) is 70.5 Å². The summed E-state index contributed by atoms with van der Waals surface area (Å²) in [7, 11) is -2.04. The van der Waals surface area contributed by atoms with Crippen LogP contribution in [0.2, 0.25) is 16.6 Å². The molecule has 5 nitrogen and oxygen atoms in total. The predicted molar refractivity (Wildman–Crippen MR) is 141 cm³/mol. The fourth-order valence-electron chi connectivity index (χ4n) is 6.28. The van der Waals surface area contributed by atoms with Crippen molar-refractivity contribution in [3.05, 3.63) is 59.8 Å². The minimum absolute atomic E-state index is 0.0479. The molecular formula is C28H34FN3O2Si-. The highest BCUT2D eigenvalue weighted by molar-refractivity contribution is 6.93. The summed E-state index contributed by atoms with van der Waals surface area (Å²) in [5.74, 6) is 1.94. The number of halogens is 1. The van der Waals surface area contributed by atoms with Gasteiger partial charge in [-0.2, -0.15) is 0 Å². The minimum atomic E-state index is -2.04. The van der Waals surface area contributed by atoms with Crippen LogP contribution in [0.1, 0.15) is 58.8 Å². The van der Waals surface area contributed by atoms with Crippen LogP contribution in [0, 0.1) is 5.82 Å². The van der Waals surface area contributed by atoms with Gasteiger partial charge in [0.1, 0.15) is 22.9 Å². The summed E-state index contributed by atoms with van der Waals surface area (Å²) in [6.07, 6.45) is 2.57. The molecule has 3 heterocycles. The smallest absolute Gasteiger partial charge is 0.151 e. The average Bonchev–Trinajstić information content (AvgIpc) is 3.46. The van der Waals surface area contributed by atoms with Crippen LogP contribution < -0.4 is 10.3 Å². The van der Waals surface area contributed by atoms with Crippen molar-refractivity contribution in [1.82, 2.24) is 15.0 Å². The first-order valence-corrected chi connectivity index (χ1v) is 14.8. The lowest BCUT2D eigenvalue weighted by molar-refractivity contribution is 0.258. The van der Waals surface area contributed by atoms with Crippen LogP contribution in [0.3, 0.4) is 0 Å². The zero-order valence-electron chi connectivity index (χ0n) is 21.4. The summed E-state index contributed by atoms with van der Waals surface area (Å²) in [4.78, 5) is 12.7. The number of para-hydroxylation sites is 1. The summed E-state index contributed by atoms with van der Waals surface area (Å²) in [6.45, 7) is 14.2. The van der Waals surface area contributed by atoms with Crippen LogP contribution >= 0.6 is 0 Å². The van der Waals surface area contributed by atoms with Gasteiger partial charge in [0, 0.05) is 11.1 Å². The number of nitrogens with one attached hydrogen (secondary N) is 1. The molecule has 0 amide bonds. The highest BCUT2D eigenvalue weighted by Crippen LogP contribution is 2.41. The van der Waals surface area contributed by atoms with E-state index in [2.05, 4.69) is 57.6 Å². The Morgan fingerprint density at radius 2 is 1.74 bits per heavy atom. The number of ether oxygens (including phenoxy) is 1. The van der Waals surface area contributed by atoms with Gasteiger partial charge < -0.3 is 14.1 Å². The molecule has 7 heteroatoms. The number of imidazole rings is 1. The Kier molecular flexibility index (Phi) is 6.07. The Balaban J connectivity index is 1.50. The minimum Gasteiger partial charge on any atom is -0.493 e. The van der Waals surface area contributed by atoms with Crippen LogP contribution in [0.25, 0.3) is 22.4 Å². The highest BCUT2D eigenvalue weighted by Gasteiger charge is 2.36. The molecule has 2 aromatic carbocycles. The van der Waals surface area contributed by atoms with Gasteiger partial charge in [-0.1, -0.05) is 59.7 Å². The molecule has 4 aromatic rings. The monoisotopic (exact) mass is 491 g/mol. The second-order valence-electron chi connectivity index (χ2n) is 10.7.